The maximum absolute atomic E-state index is 12.7. The number of nitrogens with one attached hydrogen (secondary N) is 1. The summed E-state index contributed by atoms with van der Waals surface area (Å²) in [6, 6.07) is 3.59. The standard InChI is InChI=1S/C9H11FN2O/c1-5(2)6-3-4-7-8(11-6)12-9(10)13-7/h3-5,9H,1-2H3,(H,11,12). The molecule has 70 valence electrons. The molecule has 0 spiro atoms. The fourth-order valence-corrected chi connectivity index (χ4v) is 1.23. The van der Waals surface area contributed by atoms with Gasteiger partial charge in [-0.25, -0.2) is 4.98 Å². The minimum atomic E-state index is -1.45. The topological polar surface area (TPSA) is 34.2 Å². The summed E-state index contributed by atoms with van der Waals surface area (Å²) in [4.78, 5) is 4.23. The zero-order chi connectivity index (χ0) is 9.42. The second kappa shape index (κ2) is 2.87. The van der Waals surface area contributed by atoms with Crippen LogP contribution in [0.15, 0.2) is 12.1 Å². The van der Waals surface area contributed by atoms with Crippen LogP contribution in [0, 0.1) is 0 Å². The Bertz CT molecular complexity index is 327. The van der Waals surface area contributed by atoms with Gasteiger partial charge in [-0.2, -0.15) is 4.39 Å². The van der Waals surface area contributed by atoms with Crippen LogP contribution in [0.5, 0.6) is 5.75 Å². The van der Waals surface area contributed by atoms with Gasteiger partial charge in [-0.3, -0.25) is 0 Å². The molecule has 0 saturated carbocycles. The van der Waals surface area contributed by atoms with Crippen molar-refractivity contribution in [2.75, 3.05) is 5.32 Å². The predicted octanol–water partition coefficient (Wildman–Crippen LogP) is 2.26. The molecule has 3 nitrogen and oxygen atoms in total. The number of rotatable bonds is 1. The summed E-state index contributed by atoms with van der Waals surface area (Å²) in [5, 5.41) is 2.49. The molecule has 2 rings (SSSR count). The number of nitrogens with zero attached hydrogens (tertiary/aromatic N) is 1. The lowest BCUT2D eigenvalue weighted by Gasteiger charge is -2.04. The predicted molar refractivity (Wildman–Crippen MR) is 47.5 cm³/mol. The van der Waals surface area contributed by atoms with Crippen LogP contribution in [0.2, 0.25) is 0 Å². The number of hydrogen-bond donors (Lipinski definition) is 1. The van der Waals surface area contributed by atoms with E-state index in [1.165, 1.54) is 0 Å². The maximum atomic E-state index is 12.7. The number of halogens is 1. The second-order valence-electron chi connectivity index (χ2n) is 3.32. The van der Waals surface area contributed by atoms with Crippen LogP contribution in [0.3, 0.4) is 0 Å². The van der Waals surface area contributed by atoms with Gasteiger partial charge in [0, 0.05) is 5.69 Å². The zero-order valence-corrected chi connectivity index (χ0v) is 7.54. The van der Waals surface area contributed by atoms with Crippen LogP contribution < -0.4 is 10.1 Å². The third-order valence-corrected chi connectivity index (χ3v) is 1.95. The van der Waals surface area contributed by atoms with Crippen LogP contribution in [0.25, 0.3) is 0 Å². The van der Waals surface area contributed by atoms with E-state index in [0.717, 1.165) is 5.69 Å². The Labute approximate surface area is 75.9 Å². The highest BCUT2D eigenvalue weighted by molar-refractivity contribution is 5.54. The van der Waals surface area contributed by atoms with Gasteiger partial charge in [0.2, 0.25) is 0 Å². The molecule has 1 unspecified atom stereocenters. The Balaban J connectivity index is 2.35. The molecule has 1 aliphatic heterocycles. The van der Waals surface area contributed by atoms with E-state index in [1.807, 2.05) is 19.9 Å². The fraction of sp³-hybridized carbons (Fsp3) is 0.444. The van der Waals surface area contributed by atoms with Crippen molar-refractivity contribution in [2.45, 2.75) is 26.2 Å². The van der Waals surface area contributed by atoms with Crippen molar-refractivity contribution in [3.8, 4) is 5.75 Å². The lowest BCUT2D eigenvalue weighted by molar-refractivity contribution is 0.112. The highest BCUT2D eigenvalue weighted by atomic mass is 19.1. The number of pyridine rings is 1. The summed E-state index contributed by atoms with van der Waals surface area (Å²) in [5.74, 6) is 1.32. The van der Waals surface area contributed by atoms with Crippen molar-refractivity contribution >= 4 is 5.82 Å². The molecule has 4 heteroatoms. The molecular formula is C9H11FN2O. The van der Waals surface area contributed by atoms with Gasteiger partial charge in [-0.1, -0.05) is 13.8 Å². The number of aromatic nitrogens is 1. The number of ether oxygens (including phenoxy) is 1. The molecule has 0 amide bonds. The Kier molecular flexibility index (Phi) is 1.83. The van der Waals surface area contributed by atoms with Gasteiger partial charge in [0.15, 0.2) is 11.6 Å². The Morgan fingerprint density at radius 3 is 3.00 bits per heavy atom. The number of anilines is 1. The van der Waals surface area contributed by atoms with Crippen molar-refractivity contribution in [2.24, 2.45) is 0 Å². The Morgan fingerprint density at radius 1 is 1.54 bits per heavy atom. The molecule has 0 saturated heterocycles. The molecule has 0 bridgehead atoms. The van der Waals surface area contributed by atoms with Gasteiger partial charge in [-0.05, 0) is 18.1 Å². The average molecular weight is 182 g/mol. The second-order valence-corrected chi connectivity index (χ2v) is 3.32. The maximum Gasteiger partial charge on any atom is 0.319 e. The van der Waals surface area contributed by atoms with E-state index in [0.29, 0.717) is 17.5 Å². The molecule has 1 N–H and O–H groups in total. The van der Waals surface area contributed by atoms with E-state index in [1.54, 1.807) is 6.07 Å². The lowest BCUT2D eigenvalue weighted by Crippen LogP contribution is -2.12. The molecule has 13 heavy (non-hydrogen) atoms. The van der Waals surface area contributed by atoms with E-state index in [9.17, 15) is 4.39 Å². The first kappa shape index (κ1) is 8.29. The lowest BCUT2D eigenvalue weighted by atomic mass is 10.1. The number of hydrogen-bond acceptors (Lipinski definition) is 3. The first-order valence-corrected chi connectivity index (χ1v) is 4.25. The van der Waals surface area contributed by atoms with Gasteiger partial charge in [0.1, 0.15) is 0 Å². The molecule has 2 heterocycles. The zero-order valence-electron chi connectivity index (χ0n) is 7.54. The quantitative estimate of drug-likeness (QED) is 0.676. The molecule has 1 atom stereocenters. The monoisotopic (exact) mass is 182 g/mol. The minimum Gasteiger partial charge on any atom is -0.439 e. The SMILES string of the molecule is CC(C)c1ccc2c(n1)NC(F)O2. The van der Waals surface area contributed by atoms with E-state index < -0.39 is 6.48 Å². The summed E-state index contributed by atoms with van der Waals surface area (Å²) in [6.07, 6.45) is 0. The summed E-state index contributed by atoms with van der Waals surface area (Å²) in [5.41, 5.74) is 0.934. The Hall–Kier alpha value is -1.32. The van der Waals surface area contributed by atoms with E-state index in [-0.39, 0.29) is 0 Å². The number of fused-ring (bicyclic) bond motifs is 1. The van der Waals surface area contributed by atoms with Crippen molar-refractivity contribution in [3.63, 3.8) is 0 Å². The van der Waals surface area contributed by atoms with Crippen LogP contribution >= 0.6 is 0 Å². The first-order chi connectivity index (χ1) is 6.16. The number of alkyl halides is 1. The summed E-state index contributed by atoms with van der Waals surface area (Å²) in [6.45, 7) is 2.62. The van der Waals surface area contributed by atoms with E-state index in [2.05, 4.69) is 10.3 Å². The van der Waals surface area contributed by atoms with Crippen molar-refractivity contribution in [1.29, 1.82) is 0 Å². The van der Waals surface area contributed by atoms with Gasteiger partial charge in [0.25, 0.3) is 0 Å². The van der Waals surface area contributed by atoms with Crippen LogP contribution in [0.1, 0.15) is 25.5 Å². The third-order valence-electron chi connectivity index (χ3n) is 1.95. The molecular weight excluding hydrogens is 171 g/mol. The third kappa shape index (κ3) is 1.43. The highest BCUT2D eigenvalue weighted by Gasteiger charge is 2.22. The van der Waals surface area contributed by atoms with Crippen LogP contribution in [0.4, 0.5) is 10.2 Å². The van der Waals surface area contributed by atoms with Crippen molar-refractivity contribution in [1.82, 2.24) is 4.98 Å². The van der Waals surface area contributed by atoms with Gasteiger partial charge in [-0.15, -0.1) is 0 Å². The molecule has 0 fully saturated rings. The van der Waals surface area contributed by atoms with Crippen LogP contribution in [-0.2, 0) is 0 Å². The largest absolute Gasteiger partial charge is 0.439 e. The highest BCUT2D eigenvalue weighted by Crippen LogP contribution is 2.31. The normalized spacial score (nSPS) is 19.5. The molecule has 0 radical (unpaired) electrons. The van der Waals surface area contributed by atoms with Crippen molar-refractivity contribution in [3.05, 3.63) is 17.8 Å². The molecule has 0 aromatic carbocycles. The molecule has 1 aliphatic rings. The fourth-order valence-electron chi connectivity index (χ4n) is 1.23. The summed E-state index contributed by atoms with van der Waals surface area (Å²) in [7, 11) is 0. The average Bonchev–Trinajstić information content (AvgIpc) is 2.42. The van der Waals surface area contributed by atoms with Gasteiger partial charge in [0.05, 0.1) is 0 Å². The minimum absolute atomic E-state index is 0.339. The van der Waals surface area contributed by atoms with Gasteiger partial charge >= 0.3 is 6.48 Å². The molecule has 0 aliphatic carbocycles. The van der Waals surface area contributed by atoms with E-state index >= 15 is 0 Å². The summed E-state index contributed by atoms with van der Waals surface area (Å²) >= 11 is 0. The smallest absolute Gasteiger partial charge is 0.319 e. The summed E-state index contributed by atoms with van der Waals surface area (Å²) < 4.78 is 17.5. The van der Waals surface area contributed by atoms with E-state index in [4.69, 9.17) is 4.74 Å². The van der Waals surface area contributed by atoms with Crippen LogP contribution in [-0.4, -0.2) is 11.5 Å². The first-order valence-electron chi connectivity index (χ1n) is 4.25. The van der Waals surface area contributed by atoms with Crippen molar-refractivity contribution < 1.29 is 9.13 Å². The Morgan fingerprint density at radius 2 is 2.31 bits per heavy atom. The van der Waals surface area contributed by atoms with Gasteiger partial charge < -0.3 is 10.1 Å². The molecule has 1 aromatic rings. The molecule has 1 aromatic heterocycles.